The predicted octanol–water partition coefficient (Wildman–Crippen LogP) is 3.63. The Kier molecular flexibility index (Phi) is 4.01. The molecule has 0 aromatic heterocycles. The molecule has 1 nitrogen and oxygen atoms in total. The number of aliphatic hydroxyl groups is 1. The number of aliphatic hydroxyl groups excluding tert-OH is 1. The number of aryl methyl sites for hydroxylation is 1. The van der Waals surface area contributed by atoms with E-state index >= 15 is 0 Å². The Morgan fingerprint density at radius 2 is 1.84 bits per heavy atom. The van der Waals surface area contributed by atoms with Crippen LogP contribution in [0, 0.1) is 12.7 Å². The lowest BCUT2D eigenvalue weighted by Crippen LogP contribution is -2.30. The van der Waals surface area contributed by atoms with Gasteiger partial charge in [0.2, 0.25) is 0 Å². The van der Waals surface area contributed by atoms with E-state index in [1.54, 1.807) is 12.1 Å². The van der Waals surface area contributed by atoms with E-state index in [0.29, 0.717) is 12.0 Å². The first-order chi connectivity index (χ1) is 9.05. The number of halogens is 1. The molecule has 1 unspecified atom stereocenters. The van der Waals surface area contributed by atoms with Gasteiger partial charge in [-0.3, -0.25) is 0 Å². The van der Waals surface area contributed by atoms with Crippen LogP contribution in [0.5, 0.6) is 0 Å². The highest BCUT2D eigenvalue weighted by Gasteiger charge is 2.27. The molecule has 0 aliphatic heterocycles. The molecule has 0 amide bonds. The molecule has 2 rings (SSSR count). The first kappa shape index (κ1) is 13.8. The highest BCUT2D eigenvalue weighted by Crippen LogP contribution is 2.29. The predicted molar refractivity (Wildman–Crippen MR) is 75.7 cm³/mol. The van der Waals surface area contributed by atoms with Gasteiger partial charge in [-0.15, -0.1) is 0 Å². The van der Waals surface area contributed by atoms with E-state index < -0.39 is 5.41 Å². The summed E-state index contributed by atoms with van der Waals surface area (Å²) in [5, 5.41) is 9.76. The first-order valence-corrected chi connectivity index (χ1v) is 6.46. The Morgan fingerprint density at radius 3 is 2.47 bits per heavy atom. The lowest BCUT2D eigenvalue weighted by atomic mass is 9.77. The average Bonchev–Trinajstić information content (AvgIpc) is 2.41. The maximum Gasteiger partial charge on any atom is 0.126 e. The van der Waals surface area contributed by atoms with Gasteiger partial charge in [-0.05, 0) is 30.5 Å². The fourth-order valence-electron chi connectivity index (χ4n) is 2.33. The summed E-state index contributed by atoms with van der Waals surface area (Å²) in [5.41, 5.74) is 2.36. The number of rotatable bonds is 4. The van der Waals surface area contributed by atoms with Crippen LogP contribution in [0.3, 0.4) is 0 Å². The quantitative estimate of drug-likeness (QED) is 0.888. The van der Waals surface area contributed by atoms with E-state index in [1.807, 2.05) is 38.1 Å². The second kappa shape index (κ2) is 5.54. The molecular weight excluding hydrogens is 239 g/mol. The number of hydrogen-bond donors (Lipinski definition) is 1. The highest BCUT2D eigenvalue weighted by molar-refractivity contribution is 5.32. The van der Waals surface area contributed by atoms with Crippen LogP contribution in [0.4, 0.5) is 4.39 Å². The Hall–Kier alpha value is -1.67. The van der Waals surface area contributed by atoms with Gasteiger partial charge in [0.25, 0.3) is 0 Å². The van der Waals surface area contributed by atoms with Gasteiger partial charge in [0.15, 0.2) is 0 Å². The maximum absolute atomic E-state index is 13.8. The van der Waals surface area contributed by atoms with Crippen LogP contribution in [0.2, 0.25) is 0 Å². The van der Waals surface area contributed by atoms with E-state index in [2.05, 4.69) is 6.07 Å². The molecule has 0 saturated carbocycles. The van der Waals surface area contributed by atoms with Gasteiger partial charge in [-0.2, -0.15) is 0 Å². The maximum atomic E-state index is 13.8. The standard InChI is InChI=1S/C17H19FO/c1-13-6-5-8-15(10-13)17(2,12-19)11-14-7-3-4-9-16(14)18/h3-10,19H,11-12H2,1-2H3. The average molecular weight is 258 g/mol. The zero-order chi connectivity index (χ0) is 13.9. The zero-order valence-electron chi connectivity index (χ0n) is 11.4. The molecule has 0 fully saturated rings. The van der Waals surface area contributed by atoms with Crippen LogP contribution in [-0.4, -0.2) is 11.7 Å². The minimum absolute atomic E-state index is 0.00914. The zero-order valence-corrected chi connectivity index (χ0v) is 11.4. The second-order valence-electron chi connectivity index (χ2n) is 5.36. The summed E-state index contributed by atoms with van der Waals surface area (Å²) in [6.45, 7) is 3.98. The number of hydrogen-bond acceptors (Lipinski definition) is 1. The van der Waals surface area contributed by atoms with Crippen molar-refractivity contribution in [2.24, 2.45) is 0 Å². The molecule has 2 aromatic rings. The van der Waals surface area contributed by atoms with Crippen molar-refractivity contribution in [1.29, 1.82) is 0 Å². The van der Waals surface area contributed by atoms with Crippen molar-refractivity contribution in [3.63, 3.8) is 0 Å². The third kappa shape index (κ3) is 3.02. The van der Waals surface area contributed by atoms with Gasteiger partial charge < -0.3 is 5.11 Å². The van der Waals surface area contributed by atoms with Crippen molar-refractivity contribution in [2.45, 2.75) is 25.7 Å². The van der Waals surface area contributed by atoms with E-state index in [-0.39, 0.29) is 12.4 Å². The van der Waals surface area contributed by atoms with Crippen molar-refractivity contribution in [2.75, 3.05) is 6.61 Å². The Balaban J connectivity index is 2.36. The Labute approximate surface area is 113 Å². The van der Waals surface area contributed by atoms with Crippen molar-refractivity contribution in [1.82, 2.24) is 0 Å². The first-order valence-electron chi connectivity index (χ1n) is 6.46. The van der Waals surface area contributed by atoms with Gasteiger partial charge in [0, 0.05) is 5.41 Å². The van der Waals surface area contributed by atoms with E-state index in [1.165, 1.54) is 6.07 Å². The summed E-state index contributed by atoms with van der Waals surface area (Å²) < 4.78 is 13.8. The van der Waals surface area contributed by atoms with Crippen LogP contribution >= 0.6 is 0 Å². The van der Waals surface area contributed by atoms with Crippen molar-refractivity contribution >= 4 is 0 Å². The Morgan fingerprint density at radius 1 is 1.11 bits per heavy atom. The highest BCUT2D eigenvalue weighted by atomic mass is 19.1. The van der Waals surface area contributed by atoms with E-state index in [9.17, 15) is 9.50 Å². The van der Waals surface area contributed by atoms with Gasteiger partial charge in [-0.25, -0.2) is 4.39 Å². The lowest BCUT2D eigenvalue weighted by molar-refractivity contribution is 0.203. The van der Waals surface area contributed by atoms with Crippen LogP contribution in [-0.2, 0) is 11.8 Å². The molecule has 2 aromatic carbocycles. The van der Waals surface area contributed by atoms with E-state index in [4.69, 9.17) is 0 Å². The van der Waals surface area contributed by atoms with Crippen LogP contribution < -0.4 is 0 Å². The molecule has 0 spiro atoms. The van der Waals surface area contributed by atoms with Gasteiger partial charge in [-0.1, -0.05) is 55.0 Å². The molecule has 0 heterocycles. The molecule has 0 bridgehead atoms. The molecule has 1 atom stereocenters. The minimum atomic E-state index is -0.464. The Bertz CT molecular complexity index is 565. The van der Waals surface area contributed by atoms with Crippen LogP contribution in [0.1, 0.15) is 23.6 Å². The molecular formula is C17H19FO. The third-order valence-corrected chi connectivity index (χ3v) is 3.60. The van der Waals surface area contributed by atoms with Crippen LogP contribution in [0.15, 0.2) is 48.5 Å². The topological polar surface area (TPSA) is 20.2 Å². The summed E-state index contributed by atoms with van der Waals surface area (Å²) in [5.74, 6) is -0.213. The summed E-state index contributed by atoms with van der Waals surface area (Å²) in [7, 11) is 0. The summed E-state index contributed by atoms with van der Waals surface area (Å²) >= 11 is 0. The number of benzene rings is 2. The summed E-state index contributed by atoms with van der Waals surface area (Å²) in [4.78, 5) is 0. The fraction of sp³-hybridized carbons (Fsp3) is 0.294. The molecule has 1 N–H and O–H groups in total. The van der Waals surface area contributed by atoms with Gasteiger partial charge in [0.1, 0.15) is 5.82 Å². The van der Waals surface area contributed by atoms with Crippen molar-refractivity contribution < 1.29 is 9.50 Å². The van der Waals surface area contributed by atoms with Gasteiger partial charge >= 0.3 is 0 Å². The van der Waals surface area contributed by atoms with E-state index in [0.717, 1.165) is 11.1 Å². The summed E-state index contributed by atoms with van der Waals surface area (Å²) in [6, 6.07) is 14.8. The summed E-state index contributed by atoms with van der Waals surface area (Å²) in [6.07, 6.45) is 0.486. The fourth-order valence-corrected chi connectivity index (χ4v) is 2.33. The molecule has 0 saturated heterocycles. The molecule has 100 valence electrons. The molecule has 2 heteroatoms. The van der Waals surface area contributed by atoms with Crippen molar-refractivity contribution in [3.8, 4) is 0 Å². The molecule has 19 heavy (non-hydrogen) atoms. The largest absolute Gasteiger partial charge is 0.395 e. The smallest absolute Gasteiger partial charge is 0.126 e. The van der Waals surface area contributed by atoms with Crippen LogP contribution in [0.25, 0.3) is 0 Å². The molecule has 0 radical (unpaired) electrons. The lowest BCUT2D eigenvalue weighted by Gasteiger charge is -2.28. The van der Waals surface area contributed by atoms with Crippen molar-refractivity contribution in [3.05, 3.63) is 71.0 Å². The third-order valence-electron chi connectivity index (χ3n) is 3.60. The van der Waals surface area contributed by atoms with Gasteiger partial charge in [0.05, 0.1) is 6.61 Å². The molecule has 0 aliphatic rings. The SMILES string of the molecule is Cc1cccc(C(C)(CO)Cc2ccccc2F)c1. The normalized spacial score (nSPS) is 14.1. The monoisotopic (exact) mass is 258 g/mol. The minimum Gasteiger partial charge on any atom is -0.395 e. The molecule has 0 aliphatic carbocycles. The second-order valence-corrected chi connectivity index (χ2v) is 5.36.